The van der Waals surface area contributed by atoms with Crippen molar-refractivity contribution >= 4 is 34.5 Å². The zero-order valence-corrected chi connectivity index (χ0v) is 18.9. The normalized spacial score (nSPS) is 23.8. The van der Waals surface area contributed by atoms with E-state index in [0.29, 0.717) is 5.56 Å². The number of carbonyl (C=O) groups excluding carboxylic acids is 4. The van der Waals surface area contributed by atoms with Gasteiger partial charge in [0.05, 0.1) is 39.0 Å². The van der Waals surface area contributed by atoms with Crippen LogP contribution in [0.4, 0.5) is 0 Å². The van der Waals surface area contributed by atoms with Gasteiger partial charge in [0.15, 0.2) is 6.04 Å². The number of esters is 1. The van der Waals surface area contributed by atoms with Gasteiger partial charge in [0.1, 0.15) is 17.4 Å². The number of nitrogens with one attached hydrogen (secondary N) is 1. The second-order valence-corrected chi connectivity index (χ2v) is 9.42. The number of nitrogens with zero attached hydrogens (tertiary/aromatic N) is 2. The zero-order chi connectivity index (χ0) is 25.1. The summed E-state index contributed by atoms with van der Waals surface area (Å²) in [6.07, 6.45) is -1.89. The summed E-state index contributed by atoms with van der Waals surface area (Å²) in [7, 11) is -1.82. The van der Waals surface area contributed by atoms with Crippen LogP contribution in [-0.4, -0.2) is 61.0 Å². The highest BCUT2D eigenvalue weighted by Gasteiger charge is 2.60. The molecule has 2 aliphatic heterocycles. The van der Waals surface area contributed by atoms with Gasteiger partial charge in [-0.1, -0.05) is 48.5 Å². The van der Waals surface area contributed by atoms with Crippen LogP contribution >= 0.6 is 0 Å². The Labute approximate surface area is 201 Å². The van der Waals surface area contributed by atoms with Crippen molar-refractivity contribution in [3.8, 4) is 0 Å². The molecular weight excluding hydrogens is 478 g/mol. The average Bonchev–Trinajstić information content (AvgIpc) is 2.86. The van der Waals surface area contributed by atoms with Gasteiger partial charge in [-0.25, -0.2) is 9.59 Å². The fraction of sp³-hybridized carbons (Fsp3) is 0.261. The van der Waals surface area contributed by atoms with Crippen molar-refractivity contribution in [1.82, 2.24) is 10.2 Å². The largest absolute Gasteiger partial charge is 0.392 e. The van der Waals surface area contributed by atoms with Crippen molar-refractivity contribution in [2.45, 2.75) is 30.1 Å². The van der Waals surface area contributed by atoms with Gasteiger partial charge in [0, 0.05) is 0 Å². The molecule has 11 nitrogen and oxygen atoms in total. The number of amides is 2. The minimum absolute atomic E-state index is 0.0173. The van der Waals surface area contributed by atoms with Crippen molar-refractivity contribution in [2.75, 3.05) is 5.75 Å². The van der Waals surface area contributed by atoms with Crippen LogP contribution in [0.15, 0.2) is 66.2 Å². The third-order valence-corrected chi connectivity index (χ3v) is 7.27. The molecule has 12 heteroatoms. The van der Waals surface area contributed by atoms with E-state index in [1.165, 1.54) is 30.2 Å². The molecular formula is C23H19N3O8S. The smallest absolute Gasteiger partial charge is 0.382 e. The number of fused-ring (bicyclic) bond motifs is 1. The summed E-state index contributed by atoms with van der Waals surface area (Å²) >= 11 is 0. The average molecular weight is 497 g/mol. The van der Waals surface area contributed by atoms with Crippen LogP contribution in [0, 0.1) is 10.1 Å². The Bertz CT molecular complexity index is 1250. The number of ether oxygens (including phenoxy) is 1. The maximum Gasteiger partial charge on any atom is 0.382 e. The molecule has 2 aromatic rings. The molecule has 0 spiro atoms. The Morgan fingerprint density at radius 1 is 1.17 bits per heavy atom. The standard InChI is InChI=1S/C23H19N3O8S/c27-12-16-13-35(33)22-18(24-17(28)11-14-7-3-1-4-8-14)20(29)25(22)19(16)23(30)34-21(26(31)32)15-9-5-2-6-10-15/h1-10,18-19,21-22H,11,13H2,(H,24,28)/t18?,19?,21?,22-,35?/m1/s1. The number of benzene rings is 2. The van der Waals surface area contributed by atoms with Gasteiger partial charge in [-0.3, -0.25) is 23.9 Å². The Morgan fingerprint density at radius 2 is 1.80 bits per heavy atom. The molecule has 4 unspecified atom stereocenters. The van der Waals surface area contributed by atoms with E-state index in [2.05, 4.69) is 5.32 Å². The summed E-state index contributed by atoms with van der Waals surface area (Å²) in [5, 5.41) is 13.0. The van der Waals surface area contributed by atoms with E-state index in [9.17, 15) is 33.5 Å². The van der Waals surface area contributed by atoms with Crippen molar-refractivity contribution in [3.05, 3.63) is 87.5 Å². The van der Waals surface area contributed by atoms with Gasteiger partial charge < -0.3 is 15.0 Å². The second-order valence-electron chi connectivity index (χ2n) is 7.88. The molecule has 0 bridgehead atoms. The second kappa shape index (κ2) is 10.00. The molecule has 0 saturated carbocycles. The predicted octanol–water partition coefficient (Wildman–Crippen LogP) is 0.290. The molecule has 4 rings (SSSR count). The van der Waals surface area contributed by atoms with Gasteiger partial charge in [-0.05, 0) is 17.7 Å². The lowest BCUT2D eigenvalue weighted by Gasteiger charge is -2.51. The molecule has 2 heterocycles. The summed E-state index contributed by atoms with van der Waals surface area (Å²) in [6.45, 7) is 0. The maximum absolute atomic E-state index is 13.0. The number of nitro groups is 1. The topological polar surface area (TPSA) is 153 Å². The fourth-order valence-electron chi connectivity index (χ4n) is 4.03. The van der Waals surface area contributed by atoms with Gasteiger partial charge in [0.25, 0.3) is 0 Å². The minimum Gasteiger partial charge on any atom is -0.392 e. The van der Waals surface area contributed by atoms with E-state index in [4.69, 9.17) is 4.74 Å². The van der Waals surface area contributed by atoms with Gasteiger partial charge >= 0.3 is 12.2 Å². The SMILES string of the molecule is O=C=C1CS(=O)[C@@H]2C(NC(=O)Cc3ccccc3)C(=O)N2C1C(=O)OC(c1ccccc1)[N+](=O)[O-]. The van der Waals surface area contributed by atoms with Crippen molar-refractivity contribution in [3.63, 3.8) is 0 Å². The zero-order valence-electron chi connectivity index (χ0n) is 18.1. The first-order valence-corrected chi connectivity index (χ1v) is 11.9. The highest BCUT2D eigenvalue weighted by atomic mass is 32.2. The van der Waals surface area contributed by atoms with Crippen LogP contribution in [0.5, 0.6) is 0 Å². The van der Waals surface area contributed by atoms with Crippen LogP contribution in [0.2, 0.25) is 0 Å². The van der Waals surface area contributed by atoms with E-state index >= 15 is 0 Å². The van der Waals surface area contributed by atoms with Gasteiger partial charge in [-0.2, -0.15) is 0 Å². The van der Waals surface area contributed by atoms with Crippen LogP contribution in [0.25, 0.3) is 0 Å². The van der Waals surface area contributed by atoms with Crippen molar-refractivity contribution in [1.29, 1.82) is 0 Å². The highest BCUT2D eigenvalue weighted by molar-refractivity contribution is 7.86. The Kier molecular flexibility index (Phi) is 6.85. The summed E-state index contributed by atoms with van der Waals surface area (Å²) in [4.78, 5) is 61.4. The monoisotopic (exact) mass is 497 g/mol. The number of hydrogen-bond donors (Lipinski definition) is 1. The molecule has 0 radical (unpaired) electrons. The summed E-state index contributed by atoms with van der Waals surface area (Å²) in [6, 6.07) is 13.4. The third-order valence-electron chi connectivity index (χ3n) is 5.64. The minimum atomic E-state index is -1.87. The molecule has 5 atom stereocenters. The lowest BCUT2D eigenvalue weighted by molar-refractivity contribution is -0.576. The van der Waals surface area contributed by atoms with Crippen LogP contribution in [0.3, 0.4) is 0 Å². The Balaban J connectivity index is 1.52. The quantitative estimate of drug-likeness (QED) is 0.143. The van der Waals surface area contributed by atoms with E-state index in [-0.39, 0.29) is 17.6 Å². The lowest BCUT2D eigenvalue weighted by Crippen LogP contribution is -2.77. The Hall–Kier alpha value is -4.15. The molecule has 2 aromatic carbocycles. The molecule has 35 heavy (non-hydrogen) atoms. The Morgan fingerprint density at radius 3 is 2.40 bits per heavy atom. The van der Waals surface area contributed by atoms with Crippen LogP contribution < -0.4 is 5.32 Å². The molecule has 2 fully saturated rings. The number of β-lactam (4-membered cyclic amide) rings is 1. The molecule has 2 amide bonds. The predicted molar refractivity (Wildman–Crippen MR) is 121 cm³/mol. The van der Waals surface area contributed by atoms with Crippen molar-refractivity contribution < 1.29 is 33.0 Å². The van der Waals surface area contributed by atoms with Crippen LogP contribution in [0.1, 0.15) is 17.4 Å². The van der Waals surface area contributed by atoms with E-state index < -0.39 is 62.9 Å². The summed E-state index contributed by atoms with van der Waals surface area (Å²) < 4.78 is 17.8. The van der Waals surface area contributed by atoms with E-state index in [1.54, 1.807) is 36.4 Å². The molecule has 0 aliphatic carbocycles. The fourth-order valence-corrected chi connectivity index (χ4v) is 5.69. The lowest BCUT2D eigenvalue weighted by atomic mass is 9.98. The molecule has 2 saturated heterocycles. The summed E-state index contributed by atoms with van der Waals surface area (Å²) in [5.74, 6) is -1.33. The molecule has 2 aliphatic rings. The number of carbonyl (C=O) groups is 3. The first kappa shape index (κ1) is 24.0. The van der Waals surface area contributed by atoms with Crippen LogP contribution in [-0.2, 0) is 41.1 Å². The van der Waals surface area contributed by atoms with Gasteiger partial charge in [-0.15, -0.1) is 0 Å². The summed E-state index contributed by atoms with van der Waals surface area (Å²) in [5.41, 5.74) is 0.472. The van der Waals surface area contributed by atoms with Gasteiger partial charge in [0.2, 0.25) is 11.8 Å². The third kappa shape index (κ3) is 4.75. The van der Waals surface area contributed by atoms with E-state index in [0.717, 1.165) is 4.90 Å². The maximum atomic E-state index is 13.0. The number of hydrogen-bond acceptors (Lipinski definition) is 8. The molecule has 1 N–H and O–H groups in total. The first-order chi connectivity index (χ1) is 16.8. The molecule has 0 aromatic heterocycles. The molecule has 180 valence electrons. The number of rotatable bonds is 7. The first-order valence-electron chi connectivity index (χ1n) is 10.5. The van der Waals surface area contributed by atoms with Crippen molar-refractivity contribution in [2.24, 2.45) is 0 Å². The highest BCUT2D eigenvalue weighted by Crippen LogP contribution is 2.35. The van der Waals surface area contributed by atoms with E-state index in [1.807, 2.05) is 0 Å².